The Morgan fingerprint density at radius 2 is 1.97 bits per heavy atom. The van der Waals surface area contributed by atoms with Gasteiger partial charge in [0, 0.05) is 23.6 Å². The number of anilines is 1. The third-order valence-corrected chi connectivity index (χ3v) is 8.95. The van der Waals surface area contributed by atoms with Gasteiger partial charge in [-0.3, -0.25) is 4.79 Å². The molecule has 0 radical (unpaired) electrons. The number of nitrogen functional groups attached to an aromatic ring is 1. The summed E-state index contributed by atoms with van der Waals surface area (Å²) in [5.41, 5.74) is 13.1. The van der Waals surface area contributed by atoms with Gasteiger partial charge in [0.2, 0.25) is 0 Å². The van der Waals surface area contributed by atoms with Gasteiger partial charge in [0.05, 0.1) is 6.54 Å². The number of pyridine rings is 1. The second-order valence-corrected chi connectivity index (χ2v) is 11.1. The van der Waals surface area contributed by atoms with Crippen LogP contribution in [0, 0.1) is 18.8 Å². The van der Waals surface area contributed by atoms with Crippen molar-refractivity contribution in [3.8, 4) is 0 Å². The fourth-order valence-corrected chi connectivity index (χ4v) is 6.95. The SMILES string of the molecule is CCCCN[C@H](CC1CCCCC1)C(=O)[N+]1(Cc2ccc(N)nc2C)CCC[C@@H]2C[C@@]21C(N)=O. The first-order valence-corrected chi connectivity index (χ1v) is 13.5. The number of quaternary nitrogens is 1. The van der Waals surface area contributed by atoms with E-state index in [0.717, 1.165) is 56.3 Å². The van der Waals surface area contributed by atoms with Crippen molar-refractivity contribution in [2.75, 3.05) is 18.8 Å². The van der Waals surface area contributed by atoms with E-state index in [1.807, 2.05) is 13.0 Å². The lowest BCUT2D eigenvalue weighted by molar-refractivity contribution is -0.900. The number of aromatic nitrogens is 1. The number of nitrogens with zero attached hydrogens (tertiary/aromatic N) is 2. The number of carbonyl (C=O) groups excluding carboxylic acids is 2. The summed E-state index contributed by atoms with van der Waals surface area (Å²) in [7, 11) is 0. The number of primary amides is 1. The quantitative estimate of drug-likeness (QED) is 0.357. The third-order valence-electron chi connectivity index (χ3n) is 8.95. The van der Waals surface area contributed by atoms with E-state index < -0.39 is 5.54 Å². The normalized spacial score (nSPS) is 29.9. The summed E-state index contributed by atoms with van der Waals surface area (Å²) < 4.78 is 0.149. The minimum atomic E-state index is -0.777. The number of fused-ring (bicyclic) bond motifs is 1. The van der Waals surface area contributed by atoms with Crippen molar-refractivity contribution in [2.24, 2.45) is 17.6 Å². The van der Waals surface area contributed by atoms with Crippen LogP contribution in [0.2, 0.25) is 0 Å². The maximum Gasteiger partial charge on any atom is 0.331 e. The molecule has 3 fully saturated rings. The molecule has 2 aliphatic carbocycles. The average Bonchev–Trinajstić information content (AvgIpc) is 3.58. The number of hydrogen-bond donors (Lipinski definition) is 3. The number of carbonyl (C=O) groups is 2. The fraction of sp³-hybridized carbons (Fsp3) is 0.741. The zero-order valence-corrected chi connectivity index (χ0v) is 21.2. The van der Waals surface area contributed by atoms with Gasteiger partial charge in [-0.2, -0.15) is 0 Å². The molecule has 0 aromatic carbocycles. The highest BCUT2D eigenvalue weighted by molar-refractivity contribution is 5.91. The van der Waals surface area contributed by atoms with Crippen molar-refractivity contribution in [3.05, 3.63) is 23.4 Å². The molecule has 7 heteroatoms. The second-order valence-electron chi connectivity index (χ2n) is 11.1. The molecule has 4 rings (SSSR count). The Balaban J connectivity index is 1.71. The molecule has 34 heavy (non-hydrogen) atoms. The fourth-order valence-electron chi connectivity index (χ4n) is 6.95. The summed E-state index contributed by atoms with van der Waals surface area (Å²) in [6.07, 6.45) is 11.8. The van der Waals surface area contributed by atoms with E-state index in [4.69, 9.17) is 11.5 Å². The van der Waals surface area contributed by atoms with Crippen LogP contribution in [0.15, 0.2) is 12.1 Å². The summed E-state index contributed by atoms with van der Waals surface area (Å²) >= 11 is 0. The molecule has 1 aromatic heterocycles. The summed E-state index contributed by atoms with van der Waals surface area (Å²) in [5.74, 6) is 1.11. The molecule has 1 aromatic rings. The number of aryl methyl sites for hydroxylation is 1. The third kappa shape index (κ3) is 4.61. The predicted molar refractivity (Wildman–Crippen MR) is 134 cm³/mol. The molecular formula is C27H44N5O2+. The lowest BCUT2D eigenvalue weighted by Crippen LogP contribution is -2.71. The van der Waals surface area contributed by atoms with E-state index >= 15 is 0 Å². The lowest BCUT2D eigenvalue weighted by Gasteiger charge is -2.46. The number of unbranched alkanes of at least 4 members (excludes halogenated alkanes) is 1. The Morgan fingerprint density at radius 1 is 1.21 bits per heavy atom. The second kappa shape index (κ2) is 10.3. The molecule has 1 unspecified atom stereocenters. The largest absolute Gasteiger partial charge is 0.384 e. The number of likely N-dealkylation sites (tertiary alicyclic amines) is 1. The first kappa shape index (κ1) is 25.1. The molecule has 5 N–H and O–H groups in total. The smallest absolute Gasteiger partial charge is 0.331 e. The van der Waals surface area contributed by atoms with Crippen molar-refractivity contribution in [2.45, 2.75) is 103 Å². The van der Waals surface area contributed by atoms with Gasteiger partial charge >= 0.3 is 5.91 Å². The molecule has 2 saturated carbocycles. The van der Waals surface area contributed by atoms with Crippen LogP contribution >= 0.6 is 0 Å². The predicted octanol–water partition coefficient (Wildman–Crippen LogP) is 3.58. The first-order chi connectivity index (χ1) is 16.3. The van der Waals surface area contributed by atoms with Crippen LogP contribution in [-0.4, -0.2) is 46.0 Å². The maximum atomic E-state index is 14.7. The van der Waals surface area contributed by atoms with Crippen LogP contribution in [0.3, 0.4) is 0 Å². The summed E-state index contributed by atoms with van der Waals surface area (Å²) in [5, 5.41) is 3.64. The van der Waals surface area contributed by atoms with Gasteiger partial charge in [0.1, 0.15) is 18.4 Å². The molecule has 1 saturated heterocycles. The molecule has 0 bridgehead atoms. The average molecular weight is 471 g/mol. The number of piperidine rings is 1. The molecule has 7 nitrogen and oxygen atoms in total. The van der Waals surface area contributed by atoms with Crippen LogP contribution in [0.4, 0.5) is 5.82 Å². The molecule has 2 heterocycles. The Kier molecular flexibility index (Phi) is 7.63. The van der Waals surface area contributed by atoms with E-state index in [9.17, 15) is 9.59 Å². The van der Waals surface area contributed by atoms with E-state index in [-0.39, 0.29) is 28.3 Å². The minimum absolute atomic E-state index is 0.149. The topological polar surface area (TPSA) is 111 Å². The molecular weight excluding hydrogens is 426 g/mol. The highest BCUT2D eigenvalue weighted by Crippen LogP contribution is 2.59. The highest BCUT2D eigenvalue weighted by Gasteiger charge is 2.76. The summed E-state index contributed by atoms with van der Waals surface area (Å²) in [4.78, 5) is 32.2. The number of amides is 2. The molecule has 188 valence electrons. The first-order valence-electron chi connectivity index (χ1n) is 13.5. The molecule has 2 amide bonds. The van der Waals surface area contributed by atoms with Crippen LogP contribution in [-0.2, 0) is 16.1 Å². The van der Waals surface area contributed by atoms with Gasteiger partial charge in [-0.25, -0.2) is 14.3 Å². The van der Waals surface area contributed by atoms with Crippen LogP contribution < -0.4 is 16.8 Å². The van der Waals surface area contributed by atoms with E-state index in [1.54, 1.807) is 6.07 Å². The number of rotatable bonds is 10. The van der Waals surface area contributed by atoms with Crippen LogP contribution in [0.1, 0.15) is 88.8 Å². The van der Waals surface area contributed by atoms with Gasteiger partial charge in [-0.15, -0.1) is 0 Å². The maximum absolute atomic E-state index is 14.7. The number of nitrogens with two attached hydrogens (primary N) is 2. The molecule has 4 atom stereocenters. The van der Waals surface area contributed by atoms with Gasteiger partial charge in [-0.05, 0) is 57.2 Å². The van der Waals surface area contributed by atoms with E-state index in [2.05, 4.69) is 17.2 Å². The Bertz CT molecular complexity index is 899. The van der Waals surface area contributed by atoms with Crippen LogP contribution in [0.25, 0.3) is 0 Å². The van der Waals surface area contributed by atoms with Crippen molar-refractivity contribution in [3.63, 3.8) is 0 Å². The van der Waals surface area contributed by atoms with Gasteiger partial charge in [-0.1, -0.05) is 45.4 Å². The molecule has 1 aliphatic heterocycles. The van der Waals surface area contributed by atoms with Crippen molar-refractivity contribution < 1.29 is 14.1 Å². The Hall–Kier alpha value is -1.99. The van der Waals surface area contributed by atoms with Crippen molar-refractivity contribution in [1.29, 1.82) is 0 Å². The Labute approximate surface area is 204 Å². The van der Waals surface area contributed by atoms with Gasteiger partial charge in [0.15, 0.2) is 5.54 Å². The summed E-state index contributed by atoms with van der Waals surface area (Å²) in [6.45, 7) is 6.07. The van der Waals surface area contributed by atoms with E-state index in [0.29, 0.717) is 24.8 Å². The zero-order chi connectivity index (χ0) is 24.3. The number of nitrogens with one attached hydrogen (secondary N) is 1. The van der Waals surface area contributed by atoms with Gasteiger partial charge in [0.25, 0.3) is 5.91 Å². The Morgan fingerprint density at radius 3 is 2.65 bits per heavy atom. The minimum Gasteiger partial charge on any atom is -0.384 e. The van der Waals surface area contributed by atoms with Crippen molar-refractivity contribution in [1.82, 2.24) is 10.3 Å². The zero-order valence-electron chi connectivity index (χ0n) is 21.2. The molecule has 0 spiro atoms. The van der Waals surface area contributed by atoms with Gasteiger partial charge < -0.3 is 16.8 Å². The highest BCUT2D eigenvalue weighted by atomic mass is 16.2. The monoisotopic (exact) mass is 470 g/mol. The van der Waals surface area contributed by atoms with Crippen molar-refractivity contribution >= 4 is 17.6 Å². The number of hydrogen-bond acceptors (Lipinski definition) is 5. The van der Waals surface area contributed by atoms with E-state index in [1.165, 1.54) is 32.1 Å². The molecule has 3 aliphatic rings. The summed E-state index contributed by atoms with van der Waals surface area (Å²) in [6, 6.07) is 3.53. The van der Waals surface area contributed by atoms with Crippen LogP contribution in [0.5, 0.6) is 0 Å². The lowest BCUT2D eigenvalue weighted by atomic mass is 9.83. The standard InChI is InChI=1S/C27H43N5O2/c1-3-4-14-30-23(16-20-9-6-5-7-10-20)25(33)32(18-21-12-13-24(28)31-19(21)2)15-8-11-22-17-27(22,32)26(29)34/h12-13,20,22-23,30H,3-11,14-18H2,1-2H3,(H3-,28,29,31,34)/p+1/t22-,23-,27+,32?/m1/s1.